The van der Waals surface area contributed by atoms with E-state index >= 15 is 0 Å². The van der Waals surface area contributed by atoms with Crippen LogP contribution in [-0.4, -0.2) is 39.9 Å². The third-order valence-electron chi connectivity index (χ3n) is 6.96. The van der Waals surface area contributed by atoms with Crippen LogP contribution in [0.2, 0.25) is 36.3 Å². The second-order valence-corrected chi connectivity index (χ2v) is 21.6. The summed E-state index contributed by atoms with van der Waals surface area (Å²) in [5.74, 6) is 7.80. The Balaban J connectivity index is 5.38. The summed E-state index contributed by atoms with van der Waals surface area (Å²) < 4.78 is 12.9. The number of rotatable bonds is 11. The van der Waals surface area contributed by atoms with Crippen LogP contribution >= 0.6 is 0 Å². The third-order valence-corrected chi connectivity index (χ3v) is 15.9. The van der Waals surface area contributed by atoms with Crippen LogP contribution in [0.3, 0.4) is 0 Å². The Labute approximate surface area is 211 Å². The molecule has 192 valence electrons. The molecule has 3 atom stereocenters. The van der Waals surface area contributed by atoms with Gasteiger partial charge in [0.15, 0.2) is 16.6 Å². The highest BCUT2D eigenvalue weighted by Crippen LogP contribution is 2.38. The standard InChI is InChI=1S/C28H48O4Si2/c1-13-18-24(31-33(9,10)27(3,4)5)19-16-14-15-17-20-25(22-21-23(2)26(29)30)32-34(11,12)28(6,7)8/h1,14-16,19,23-25H,18,21-22H2,2-12H3,(H,29,30)/t23?,24-,25-/m1/s1. The minimum Gasteiger partial charge on any atom is -0.481 e. The Morgan fingerprint density at radius 3 is 1.97 bits per heavy atom. The normalized spacial score (nSPS) is 16.1. The molecule has 0 amide bonds. The van der Waals surface area contributed by atoms with Gasteiger partial charge in [0.2, 0.25) is 0 Å². The maximum Gasteiger partial charge on any atom is 0.306 e. The molecule has 4 nitrogen and oxygen atoms in total. The molecule has 0 spiro atoms. The summed E-state index contributed by atoms with van der Waals surface area (Å²) in [5, 5.41) is 9.39. The van der Waals surface area contributed by atoms with Crippen molar-refractivity contribution in [2.24, 2.45) is 5.92 Å². The number of carboxylic acids is 1. The molecule has 0 aromatic rings. The highest BCUT2D eigenvalue weighted by atomic mass is 28.4. The lowest BCUT2D eigenvalue weighted by atomic mass is 10.0. The van der Waals surface area contributed by atoms with Crippen molar-refractivity contribution in [1.82, 2.24) is 0 Å². The fourth-order valence-corrected chi connectivity index (χ4v) is 4.98. The SMILES string of the molecule is C#CC[C@H](C=CC=CC#C[C@H](CCC(C)C(=O)O)O[Si](C)(C)C(C)(C)C)O[Si](C)(C)C(C)(C)C. The summed E-state index contributed by atoms with van der Waals surface area (Å²) in [6.45, 7) is 23.7. The van der Waals surface area contributed by atoms with E-state index in [2.05, 4.69) is 85.5 Å². The molecule has 0 aliphatic carbocycles. The molecule has 0 aromatic heterocycles. The van der Waals surface area contributed by atoms with Crippen molar-refractivity contribution < 1.29 is 18.8 Å². The largest absolute Gasteiger partial charge is 0.481 e. The van der Waals surface area contributed by atoms with Gasteiger partial charge in [0.1, 0.15) is 6.10 Å². The molecule has 6 heteroatoms. The summed E-state index contributed by atoms with van der Waals surface area (Å²) in [7, 11) is -3.94. The molecule has 0 saturated heterocycles. The van der Waals surface area contributed by atoms with E-state index in [9.17, 15) is 9.90 Å². The van der Waals surface area contributed by atoms with Gasteiger partial charge in [0.05, 0.1) is 12.0 Å². The molecule has 0 saturated carbocycles. The summed E-state index contributed by atoms with van der Waals surface area (Å²) in [5.41, 5.74) is 0. The van der Waals surface area contributed by atoms with E-state index in [0.29, 0.717) is 19.3 Å². The van der Waals surface area contributed by atoms with Crippen molar-refractivity contribution in [3.63, 3.8) is 0 Å². The Hall–Kier alpha value is -1.58. The van der Waals surface area contributed by atoms with Crippen molar-refractivity contribution in [1.29, 1.82) is 0 Å². The first-order valence-corrected chi connectivity index (χ1v) is 18.0. The number of allylic oxidation sites excluding steroid dienone is 3. The van der Waals surface area contributed by atoms with Gasteiger partial charge in [-0.2, -0.15) is 0 Å². The number of terminal acetylenes is 1. The van der Waals surface area contributed by atoms with Crippen molar-refractivity contribution in [2.45, 2.75) is 116 Å². The molecule has 34 heavy (non-hydrogen) atoms. The van der Waals surface area contributed by atoms with Crippen LogP contribution in [-0.2, 0) is 13.6 Å². The van der Waals surface area contributed by atoms with E-state index in [1.165, 1.54) is 0 Å². The van der Waals surface area contributed by atoms with Crippen molar-refractivity contribution >= 4 is 22.6 Å². The lowest BCUT2D eigenvalue weighted by molar-refractivity contribution is -0.141. The summed E-state index contributed by atoms with van der Waals surface area (Å²) in [4.78, 5) is 11.2. The third kappa shape index (κ3) is 11.7. The molecular weight excluding hydrogens is 456 g/mol. The second kappa shape index (κ2) is 13.5. The number of hydrogen-bond acceptors (Lipinski definition) is 3. The zero-order chi connectivity index (χ0) is 26.8. The van der Waals surface area contributed by atoms with E-state index < -0.39 is 28.5 Å². The van der Waals surface area contributed by atoms with E-state index in [1.807, 2.05) is 18.2 Å². The van der Waals surface area contributed by atoms with Crippen LogP contribution in [0.5, 0.6) is 0 Å². The van der Waals surface area contributed by atoms with E-state index in [4.69, 9.17) is 15.3 Å². The van der Waals surface area contributed by atoms with E-state index in [-0.39, 0.29) is 22.3 Å². The first-order valence-electron chi connectivity index (χ1n) is 12.2. The molecule has 0 aliphatic rings. The number of aliphatic carboxylic acids is 1. The van der Waals surface area contributed by atoms with Crippen molar-refractivity contribution in [3.8, 4) is 24.2 Å². The van der Waals surface area contributed by atoms with Gasteiger partial charge in [-0.1, -0.05) is 78.5 Å². The minimum atomic E-state index is -2.02. The molecule has 0 bridgehead atoms. The first kappa shape index (κ1) is 32.4. The van der Waals surface area contributed by atoms with E-state index in [0.717, 1.165) is 0 Å². The quantitative estimate of drug-likeness (QED) is 0.181. The summed E-state index contributed by atoms with van der Waals surface area (Å²) in [6, 6.07) is 0. The second-order valence-electron chi connectivity index (χ2n) is 12.0. The fourth-order valence-electron chi connectivity index (χ4n) is 2.47. The van der Waals surface area contributed by atoms with E-state index in [1.54, 1.807) is 13.0 Å². The number of hydrogen-bond donors (Lipinski definition) is 1. The Kier molecular flexibility index (Phi) is 12.9. The lowest BCUT2D eigenvalue weighted by Gasteiger charge is -2.38. The molecule has 1 unspecified atom stereocenters. The van der Waals surface area contributed by atoms with Gasteiger partial charge in [-0.25, -0.2) is 0 Å². The predicted molar refractivity (Wildman–Crippen MR) is 150 cm³/mol. The van der Waals surface area contributed by atoms with Gasteiger partial charge in [0, 0.05) is 6.42 Å². The average Bonchev–Trinajstić information content (AvgIpc) is 2.65. The van der Waals surface area contributed by atoms with Crippen LogP contribution < -0.4 is 0 Å². The monoisotopic (exact) mass is 504 g/mol. The molecule has 0 radical (unpaired) electrons. The summed E-state index contributed by atoms with van der Waals surface area (Å²) >= 11 is 0. The minimum absolute atomic E-state index is 0.0557. The smallest absolute Gasteiger partial charge is 0.306 e. The maximum absolute atomic E-state index is 11.2. The lowest BCUT2D eigenvalue weighted by Crippen LogP contribution is -2.43. The van der Waals surface area contributed by atoms with Crippen LogP contribution in [0, 0.1) is 30.1 Å². The van der Waals surface area contributed by atoms with Crippen LogP contribution in [0.1, 0.15) is 67.7 Å². The van der Waals surface area contributed by atoms with Gasteiger partial charge < -0.3 is 14.0 Å². The van der Waals surface area contributed by atoms with Gasteiger partial charge in [-0.3, -0.25) is 4.79 Å². The van der Waals surface area contributed by atoms with Gasteiger partial charge in [-0.15, -0.1) is 12.3 Å². The molecule has 0 rings (SSSR count). The molecule has 0 aromatic carbocycles. The zero-order valence-electron chi connectivity index (χ0n) is 23.4. The Bertz CT molecular complexity index is 809. The van der Waals surface area contributed by atoms with Crippen molar-refractivity contribution in [2.75, 3.05) is 0 Å². The highest BCUT2D eigenvalue weighted by Gasteiger charge is 2.39. The van der Waals surface area contributed by atoms with Crippen molar-refractivity contribution in [3.05, 3.63) is 24.3 Å². The van der Waals surface area contributed by atoms with Crippen LogP contribution in [0.15, 0.2) is 24.3 Å². The van der Waals surface area contributed by atoms with Crippen LogP contribution in [0.25, 0.3) is 0 Å². The van der Waals surface area contributed by atoms with Gasteiger partial charge in [0.25, 0.3) is 0 Å². The van der Waals surface area contributed by atoms with Gasteiger partial charge >= 0.3 is 5.97 Å². The average molecular weight is 505 g/mol. The molecule has 0 fully saturated rings. The molecular formula is C28H48O4Si2. The predicted octanol–water partition coefficient (Wildman–Crippen LogP) is 7.41. The molecule has 1 N–H and O–H groups in total. The fraction of sp³-hybridized carbons (Fsp3) is 0.679. The maximum atomic E-state index is 11.2. The zero-order valence-corrected chi connectivity index (χ0v) is 25.4. The topological polar surface area (TPSA) is 55.8 Å². The van der Waals surface area contributed by atoms with Gasteiger partial charge in [-0.05, 0) is 55.2 Å². The highest BCUT2D eigenvalue weighted by molar-refractivity contribution is 6.74. The number of carboxylic acid groups (broad SMARTS) is 1. The summed E-state index contributed by atoms with van der Waals surface area (Å²) in [6.07, 6.45) is 14.4. The number of carbonyl (C=O) groups is 1. The Morgan fingerprint density at radius 1 is 0.971 bits per heavy atom. The first-order chi connectivity index (χ1) is 15.3. The Morgan fingerprint density at radius 2 is 1.50 bits per heavy atom. The molecule has 0 heterocycles. The molecule has 0 aliphatic heterocycles. The van der Waals surface area contributed by atoms with Crippen LogP contribution in [0.4, 0.5) is 0 Å².